The summed E-state index contributed by atoms with van der Waals surface area (Å²) in [7, 11) is -2.53. The van der Waals surface area contributed by atoms with Crippen molar-refractivity contribution in [3.8, 4) is 17.6 Å². The molecular formula is C21H18F4N4O4S. The minimum absolute atomic E-state index is 0.0200. The van der Waals surface area contributed by atoms with Gasteiger partial charge in [0.25, 0.3) is 5.91 Å². The van der Waals surface area contributed by atoms with Gasteiger partial charge >= 0.3 is 6.18 Å². The summed E-state index contributed by atoms with van der Waals surface area (Å²) in [4.78, 5) is 15.1. The quantitative estimate of drug-likeness (QED) is 0.399. The Kier molecular flexibility index (Phi) is 6.74. The number of methoxy groups -OCH3 is 1. The second-order valence-corrected chi connectivity index (χ2v) is 9.14. The first-order chi connectivity index (χ1) is 15.8. The SMILES string of the molecule is COc1cc(S(C)(=O)=O)c(F)cc1NCC#Cc1cc(C(N)=O)c2ncn(CC(F)(F)F)c2c1. The van der Waals surface area contributed by atoms with E-state index >= 15 is 0 Å². The van der Waals surface area contributed by atoms with Gasteiger partial charge in [-0.05, 0) is 12.1 Å². The van der Waals surface area contributed by atoms with Gasteiger partial charge in [0.05, 0.1) is 36.7 Å². The van der Waals surface area contributed by atoms with Gasteiger partial charge in [0, 0.05) is 24.0 Å². The number of hydrogen-bond acceptors (Lipinski definition) is 6. The van der Waals surface area contributed by atoms with E-state index in [9.17, 15) is 30.8 Å². The number of rotatable bonds is 6. The first kappa shape index (κ1) is 24.8. The lowest BCUT2D eigenvalue weighted by atomic mass is 10.1. The van der Waals surface area contributed by atoms with Crippen LogP contribution < -0.4 is 15.8 Å². The maximum absolute atomic E-state index is 14.2. The highest BCUT2D eigenvalue weighted by Crippen LogP contribution is 2.30. The number of nitrogens with one attached hydrogen (secondary N) is 1. The topological polar surface area (TPSA) is 116 Å². The van der Waals surface area contributed by atoms with Crippen molar-refractivity contribution in [2.45, 2.75) is 17.6 Å². The first-order valence-electron chi connectivity index (χ1n) is 9.46. The van der Waals surface area contributed by atoms with Crippen LogP contribution in [-0.2, 0) is 16.4 Å². The van der Waals surface area contributed by atoms with Crippen molar-refractivity contribution in [2.75, 3.05) is 25.2 Å². The van der Waals surface area contributed by atoms with E-state index in [1.807, 2.05) is 0 Å². The molecule has 13 heteroatoms. The molecule has 0 unspecified atom stereocenters. The molecule has 0 fully saturated rings. The number of benzene rings is 2. The zero-order valence-corrected chi connectivity index (χ0v) is 18.6. The molecule has 0 aliphatic carbocycles. The highest BCUT2D eigenvalue weighted by atomic mass is 32.2. The van der Waals surface area contributed by atoms with Gasteiger partial charge in [-0.15, -0.1) is 0 Å². The van der Waals surface area contributed by atoms with Crippen LogP contribution in [-0.4, -0.2) is 50.0 Å². The molecule has 3 aromatic rings. The number of nitrogens with zero attached hydrogens (tertiary/aromatic N) is 2. The summed E-state index contributed by atoms with van der Waals surface area (Å²) in [6.07, 6.45) is -2.68. The summed E-state index contributed by atoms with van der Waals surface area (Å²) >= 11 is 0. The molecule has 0 aliphatic heterocycles. The van der Waals surface area contributed by atoms with E-state index in [1.54, 1.807) is 0 Å². The van der Waals surface area contributed by atoms with Gasteiger partial charge in [-0.1, -0.05) is 11.8 Å². The van der Waals surface area contributed by atoms with Gasteiger partial charge in [0.2, 0.25) is 0 Å². The van der Waals surface area contributed by atoms with Crippen molar-refractivity contribution in [1.29, 1.82) is 0 Å². The number of carbonyl (C=O) groups is 1. The Labute approximate surface area is 191 Å². The van der Waals surface area contributed by atoms with E-state index in [0.717, 1.165) is 29.3 Å². The number of aromatic nitrogens is 2. The Morgan fingerprint density at radius 1 is 1.26 bits per heavy atom. The number of hydrogen-bond donors (Lipinski definition) is 2. The molecule has 180 valence electrons. The third-order valence-electron chi connectivity index (χ3n) is 4.59. The number of fused-ring (bicyclic) bond motifs is 1. The number of nitrogens with two attached hydrogens (primary N) is 1. The van der Waals surface area contributed by atoms with Crippen LogP contribution in [0.4, 0.5) is 23.2 Å². The molecule has 0 radical (unpaired) electrons. The predicted molar refractivity (Wildman–Crippen MR) is 116 cm³/mol. The maximum atomic E-state index is 14.2. The Morgan fingerprint density at radius 3 is 2.56 bits per heavy atom. The van der Waals surface area contributed by atoms with Crippen molar-refractivity contribution in [2.24, 2.45) is 5.73 Å². The molecule has 0 saturated carbocycles. The highest BCUT2D eigenvalue weighted by Gasteiger charge is 2.29. The van der Waals surface area contributed by atoms with E-state index in [2.05, 4.69) is 22.1 Å². The van der Waals surface area contributed by atoms with E-state index in [4.69, 9.17) is 10.5 Å². The number of amides is 1. The lowest BCUT2D eigenvalue weighted by molar-refractivity contribution is -0.139. The molecule has 8 nitrogen and oxygen atoms in total. The van der Waals surface area contributed by atoms with Crippen LogP contribution in [0.3, 0.4) is 0 Å². The number of sulfone groups is 1. The smallest absolute Gasteiger partial charge is 0.406 e. The number of primary amides is 1. The molecule has 3 N–H and O–H groups in total. The average molecular weight is 498 g/mol. The molecular weight excluding hydrogens is 480 g/mol. The highest BCUT2D eigenvalue weighted by molar-refractivity contribution is 7.90. The molecule has 1 heterocycles. The standard InChI is InChI=1S/C21H18F4N4O4S/c1-33-17-9-18(34(2,31)32)14(22)8-15(17)27-5-3-4-12-6-13(20(26)30)19-16(7-12)29(11-28-19)10-21(23,24)25/h6-9,11,27H,5,10H2,1-2H3,(H2,26,30). The summed E-state index contributed by atoms with van der Waals surface area (Å²) in [6, 6.07) is 4.64. The Morgan fingerprint density at radius 2 is 1.97 bits per heavy atom. The molecule has 3 rings (SSSR count). The second-order valence-electron chi connectivity index (χ2n) is 7.15. The second kappa shape index (κ2) is 9.22. The fraction of sp³-hybridized carbons (Fsp3) is 0.238. The van der Waals surface area contributed by atoms with Gasteiger partial charge in [-0.2, -0.15) is 13.2 Å². The molecule has 1 aromatic heterocycles. The van der Waals surface area contributed by atoms with Crippen LogP contribution in [0.25, 0.3) is 11.0 Å². The lowest BCUT2D eigenvalue weighted by Crippen LogP contribution is -2.17. The van der Waals surface area contributed by atoms with E-state index < -0.39 is 39.2 Å². The molecule has 0 aliphatic rings. The molecule has 0 spiro atoms. The average Bonchev–Trinajstić information content (AvgIpc) is 3.10. The fourth-order valence-corrected chi connectivity index (χ4v) is 3.89. The van der Waals surface area contributed by atoms with Crippen LogP contribution in [0.15, 0.2) is 35.5 Å². The van der Waals surface area contributed by atoms with Crippen LogP contribution in [0.1, 0.15) is 15.9 Å². The van der Waals surface area contributed by atoms with Crippen molar-refractivity contribution < 1.29 is 35.5 Å². The number of halogens is 4. The number of imidazole rings is 1. The fourth-order valence-electron chi connectivity index (χ4n) is 3.15. The van der Waals surface area contributed by atoms with Gasteiger partial charge < -0.3 is 20.4 Å². The molecule has 2 aromatic carbocycles. The van der Waals surface area contributed by atoms with E-state index in [1.165, 1.54) is 19.2 Å². The molecule has 34 heavy (non-hydrogen) atoms. The molecule has 0 atom stereocenters. The van der Waals surface area contributed by atoms with Gasteiger partial charge in [-0.25, -0.2) is 17.8 Å². The minimum Gasteiger partial charge on any atom is -0.495 e. The van der Waals surface area contributed by atoms with Crippen LogP contribution in [0.2, 0.25) is 0 Å². The molecule has 1 amide bonds. The van der Waals surface area contributed by atoms with Gasteiger partial charge in [0.15, 0.2) is 9.84 Å². The van der Waals surface area contributed by atoms with Crippen LogP contribution >= 0.6 is 0 Å². The summed E-state index contributed by atoms with van der Waals surface area (Å²) in [6.45, 7) is -1.38. The maximum Gasteiger partial charge on any atom is 0.406 e. The zero-order valence-electron chi connectivity index (χ0n) is 17.8. The zero-order chi connectivity index (χ0) is 25.3. The third kappa shape index (κ3) is 5.57. The normalized spacial score (nSPS) is 11.7. The van der Waals surface area contributed by atoms with Gasteiger partial charge in [0.1, 0.15) is 28.5 Å². The number of ether oxygens (including phenoxy) is 1. The minimum atomic E-state index is -4.51. The molecule has 0 saturated heterocycles. The van der Waals surface area contributed by atoms with Gasteiger partial charge in [-0.3, -0.25) is 4.79 Å². The van der Waals surface area contributed by atoms with Crippen LogP contribution in [0, 0.1) is 17.7 Å². The van der Waals surface area contributed by atoms with Crippen molar-refractivity contribution in [3.63, 3.8) is 0 Å². The van der Waals surface area contributed by atoms with E-state index in [-0.39, 0.29) is 40.1 Å². The summed E-state index contributed by atoms with van der Waals surface area (Å²) in [5.41, 5.74) is 5.65. The number of alkyl halides is 3. The number of anilines is 1. The monoisotopic (exact) mass is 498 g/mol. The first-order valence-corrected chi connectivity index (χ1v) is 11.3. The summed E-state index contributed by atoms with van der Waals surface area (Å²) in [5.74, 6) is 3.60. The summed E-state index contributed by atoms with van der Waals surface area (Å²) in [5, 5.41) is 2.77. The Bertz CT molecular complexity index is 1440. The van der Waals surface area contributed by atoms with Crippen molar-refractivity contribution in [1.82, 2.24) is 9.55 Å². The lowest BCUT2D eigenvalue weighted by Gasteiger charge is -2.11. The Balaban J connectivity index is 1.90. The molecule has 0 bridgehead atoms. The Hall–Kier alpha value is -3.79. The predicted octanol–water partition coefficient (Wildman–Crippen LogP) is 2.71. The van der Waals surface area contributed by atoms with E-state index in [0.29, 0.717) is 0 Å². The van der Waals surface area contributed by atoms with Crippen molar-refractivity contribution >= 4 is 32.5 Å². The summed E-state index contributed by atoms with van der Waals surface area (Å²) < 4.78 is 82.0. The van der Waals surface area contributed by atoms with Crippen LogP contribution in [0.5, 0.6) is 5.75 Å². The number of carbonyl (C=O) groups excluding carboxylic acids is 1. The van der Waals surface area contributed by atoms with Crippen molar-refractivity contribution in [3.05, 3.63) is 47.5 Å². The third-order valence-corrected chi connectivity index (χ3v) is 5.71. The largest absolute Gasteiger partial charge is 0.495 e.